The van der Waals surface area contributed by atoms with E-state index in [-0.39, 0.29) is 0 Å². The minimum absolute atomic E-state index is 0.579. The fourth-order valence-corrected chi connectivity index (χ4v) is 2.14. The molecule has 0 saturated carbocycles. The van der Waals surface area contributed by atoms with Crippen molar-refractivity contribution in [2.75, 3.05) is 0 Å². The molecular formula is C16H16N2O. The topological polar surface area (TPSA) is 48.9 Å². The predicted octanol–water partition coefficient (Wildman–Crippen LogP) is 3.46. The highest BCUT2D eigenvalue weighted by molar-refractivity contribution is 5.86. The number of benzene rings is 2. The van der Waals surface area contributed by atoms with Gasteiger partial charge in [-0.3, -0.25) is 0 Å². The highest BCUT2D eigenvalue weighted by Gasteiger charge is 2.19. The van der Waals surface area contributed by atoms with Gasteiger partial charge in [0.05, 0.1) is 11.9 Å². The molecule has 19 heavy (non-hydrogen) atoms. The number of H-pyrrole nitrogens is 1. The lowest BCUT2D eigenvalue weighted by atomic mass is 10.1. The molecule has 0 aliphatic heterocycles. The zero-order valence-corrected chi connectivity index (χ0v) is 11.0. The Kier molecular flexibility index (Phi) is 2.64. The molecule has 3 heteroatoms. The van der Waals surface area contributed by atoms with Crippen LogP contribution in [0.1, 0.15) is 19.7 Å². The SMILES string of the molecule is CC(C)(O)c1ncc(-c2ccc3ccccc3c2)[nH]1. The normalized spacial score (nSPS) is 11.9. The van der Waals surface area contributed by atoms with Crippen LogP contribution in [0.2, 0.25) is 0 Å². The van der Waals surface area contributed by atoms with Crippen LogP contribution < -0.4 is 0 Å². The summed E-state index contributed by atoms with van der Waals surface area (Å²) in [7, 11) is 0. The number of fused-ring (bicyclic) bond motifs is 1. The van der Waals surface area contributed by atoms with E-state index in [0.717, 1.165) is 11.3 Å². The molecule has 3 aromatic rings. The summed E-state index contributed by atoms with van der Waals surface area (Å²) in [4.78, 5) is 7.41. The Morgan fingerprint density at radius 1 is 1.05 bits per heavy atom. The van der Waals surface area contributed by atoms with Gasteiger partial charge in [0.15, 0.2) is 0 Å². The fraction of sp³-hybridized carbons (Fsp3) is 0.188. The van der Waals surface area contributed by atoms with Gasteiger partial charge in [-0.25, -0.2) is 4.98 Å². The van der Waals surface area contributed by atoms with Gasteiger partial charge in [-0.2, -0.15) is 0 Å². The molecule has 0 amide bonds. The molecule has 2 aromatic carbocycles. The van der Waals surface area contributed by atoms with Gasteiger partial charge >= 0.3 is 0 Å². The first kappa shape index (κ1) is 11.9. The molecule has 1 aromatic heterocycles. The predicted molar refractivity (Wildman–Crippen MR) is 76.8 cm³/mol. The molecular weight excluding hydrogens is 236 g/mol. The van der Waals surface area contributed by atoms with Crippen molar-refractivity contribution < 1.29 is 5.11 Å². The third-order valence-corrected chi connectivity index (χ3v) is 3.22. The third-order valence-electron chi connectivity index (χ3n) is 3.22. The molecule has 3 rings (SSSR count). The van der Waals surface area contributed by atoms with E-state index in [0.29, 0.717) is 5.82 Å². The minimum Gasteiger partial charge on any atom is -0.383 e. The number of hydrogen-bond acceptors (Lipinski definition) is 2. The Hall–Kier alpha value is -2.13. The Morgan fingerprint density at radius 2 is 1.79 bits per heavy atom. The number of aromatic nitrogens is 2. The maximum atomic E-state index is 9.93. The Balaban J connectivity index is 2.07. The highest BCUT2D eigenvalue weighted by atomic mass is 16.3. The van der Waals surface area contributed by atoms with Gasteiger partial charge in [-0.15, -0.1) is 0 Å². The highest BCUT2D eigenvalue weighted by Crippen LogP contribution is 2.25. The van der Waals surface area contributed by atoms with Crippen molar-refractivity contribution in [3.8, 4) is 11.3 Å². The first-order valence-corrected chi connectivity index (χ1v) is 6.31. The smallest absolute Gasteiger partial charge is 0.138 e. The second-order valence-electron chi connectivity index (χ2n) is 5.27. The number of aromatic amines is 1. The summed E-state index contributed by atoms with van der Waals surface area (Å²) in [6.45, 7) is 3.44. The number of nitrogens with zero attached hydrogens (tertiary/aromatic N) is 1. The van der Waals surface area contributed by atoms with Gasteiger partial charge in [0, 0.05) is 5.56 Å². The molecule has 0 atom stereocenters. The first-order chi connectivity index (χ1) is 9.04. The second kappa shape index (κ2) is 4.21. The van der Waals surface area contributed by atoms with Crippen molar-refractivity contribution in [1.82, 2.24) is 9.97 Å². The van der Waals surface area contributed by atoms with Crippen molar-refractivity contribution in [3.63, 3.8) is 0 Å². The van der Waals surface area contributed by atoms with Gasteiger partial charge in [-0.1, -0.05) is 36.4 Å². The minimum atomic E-state index is -0.949. The van der Waals surface area contributed by atoms with Crippen LogP contribution in [-0.2, 0) is 5.60 Å². The van der Waals surface area contributed by atoms with E-state index in [1.807, 2.05) is 12.1 Å². The lowest BCUT2D eigenvalue weighted by Gasteiger charge is -2.13. The van der Waals surface area contributed by atoms with E-state index in [1.165, 1.54) is 10.8 Å². The second-order valence-corrected chi connectivity index (χ2v) is 5.27. The van der Waals surface area contributed by atoms with Crippen molar-refractivity contribution in [2.24, 2.45) is 0 Å². The standard InChI is InChI=1S/C16H16N2O/c1-16(2,19)15-17-10-14(18-15)13-8-7-11-5-3-4-6-12(11)9-13/h3-10,19H,1-2H3,(H,17,18). The number of imidazole rings is 1. The zero-order valence-electron chi connectivity index (χ0n) is 11.0. The summed E-state index contributed by atoms with van der Waals surface area (Å²) in [6.07, 6.45) is 1.76. The summed E-state index contributed by atoms with van der Waals surface area (Å²) < 4.78 is 0. The van der Waals surface area contributed by atoms with Crippen LogP contribution in [0.15, 0.2) is 48.7 Å². The van der Waals surface area contributed by atoms with E-state index >= 15 is 0 Å². The zero-order chi connectivity index (χ0) is 13.5. The number of aliphatic hydroxyl groups is 1. The molecule has 0 unspecified atom stereocenters. The molecule has 0 saturated heterocycles. The van der Waals surface area contributed by atoms with Crippen molar-refractivity contribution >= 4 is 10.8 Å². The van der Waals surface area contributed by atoms with Gasteiger partial charge in [0.25, 0.3) is 0 Å². The molecule has 0 bridgehead atoms. The molecule has 96 valence electrons. The monoisotopic (exact) mass is 252 g/mol. The van der Waals surface area contributed by atoms with E-state index in [9.17, 15) is 5.11 Å². The lowest BCUT2D eigenvalue weighted by molar-refractivity contribution is 0.0697. The van der Waals surface area contributed by atoms with Crippen LogP contribution in [0.25, 0.3) is 22.0 Å². The Morgan fingerprint density at radius 3 is 2.47 bits per heavy atom. The molecule has 0 radical (unpaired) electrons. The summed E-state index contributed by atoms with van der Waals surface area (Å²) in [5, 5.41) is 12.3. The Bertz CT molecular complexity index is 723. The maximum absolute atomic E-state index is 9.93. The quantitative estimate of drug-likeness (QED) is 0.733. The molecule has 3 nitrogen and oxygen atoms in total. The van der Waals surface area contributed by atoms with Gasteiger partial charge in [-0.05, 0) is 30.7 Å². The van der Waals surface area contributed by atoms with Crippen molar-refractivity contribution in [3.05, 3.63) is 54.5 Å². The van der Waals surface area contributed by atoms with Crippen LogP contribution in [-0.4, -0.2) is 15.1 Å². The number of rotatable bonds is 2. The molecule has 0 fully saturated rings. The van der Waals surface area contributed by atoms with E-state index in [4.69, 9.17) is 0 Å². The Labute approximate surface area is 111 Å². The van der Waals surface area contributed by atoms with Crippen LogP contribution in [0, 0.1) is 0 Å². The van der Waals surface area contributed by atoms with Crippen LogP contribution in [0.4, 0.5) is 0 Å². The van der Waals surface area contributed by atoms with Gasteiger partial charge in [0.1, 0.15) is 11.4 Å². The number of nitrogens with one attached hydrogen (secondary N) is 1. The van der Waals surface area contributed by atoms with Crippen LogP contribution in [0.3, 0.4) is 0 Å². The van der Waals surface area contributed by atoms with Gasteiger partial charge < -0.3 is 10.1 Å². The number of hydrogen-bond donors (Lipinski definition) is 2. The lowest BCUT2D eigenvalue weighted by Crippen LogP contribution is -2.17. The molecule has 1 heterocycles. The van der Waals surface area contributed by atoms with E-state index in [2.05, 4.69) is 40.3 Å². The summed E-state index contributed by atoms with van der Waals surface area (Å²) in [5.41, 5.74) is 1.04. The fourth-order valence-electron chi connectivity index (χ4n) is 2.14. The largest absolute Gasteiger partial charge is 0.383 e. The molecule has 0 aliphatic carbocycles. The molecule has 0 spiro atoms. The average molecular weight is 252 g/mol. The van der Waals surface area contributed by atoms with Gasteiger partial charge in [0.2, 0.25) is 0 Å². The molecule has 0 aliphatic rings. The van der Waals surface area contributed by atoms with Crippen LogP contribution in [0.5, 0.6) is 0 Å². The summed E-state index contributed by atoms with van der Waals surface area (Å²) >= 11 is 0. The average Bonchev–Trinajstić information content (AvgIpc) is 2.87. The van der Waals surface area contributed by atoms with E-state index in [1.54, 1.807) is 20.0 Å². The van der Waals surface area contributed by atoms with E-state index < -0.39 is 5.60 Å². The van der Waals surface area contributed by atoms with Crippen LogP contribution >= 0.6 is 0 Å². The third kappa shape index (κ3) is 2.25. The maximum Gasteiger partial charge on any atom is 0.138 e. The van der Waals surface area contributed by atoms with Crippen molar-refractivity contribution in [2.45, 2.75) is 19.4 Å². The summed E-state index contributed by atoms with van der Waals surface area (Å²) in [5.74, 6) is 0.579. The first-order valence-electron chi connectivity index (χ1n) is 6.31. The van der Waals surface area contributed by atoms with Crippen molar-refractivity contribution in [1.29, 1.82) is 0 Å². The summed E-state index contributed by atoms with van der Waals surface area (Å²) in [6, 6.07) is 14.5. The molecule has 2 N–H and O–H groups in total.